The van der Waals surface area contributed by atoms with E-state index in [1.807, 2.05) is 24.3 Å². The normalized spacial score (nSPS) is 11.3. The van der Waals surface area contributed by atoms with Gasteiger partial charge in [-0.05, 0) is 35.4 Å². The summed E-state index contributed by atoms with van der Waals surface area (Å²) in [6, 6.07) is 13.9. The van der Waals surface area contributed by atoms with Crippen molar-refractivity contribution in [1.82, 2.24) is 20.2 Å². The van der Waals surface area contributed by atoms with Crippen molar-refractivity contribution in [2.45, 2.75) is 24.8 Å². The van der Waals surface area contributed by atoms with Crippen LogP contribution in [0.3, 0.4) is 0 Å². The lowest BCUT2D eigenvalue weighted by molar-refractivity contribution is -0.117. The summed E-state index contributed by atoms with van der Waals surface area (Å²) >= 11 is 0. The van der Waals surface area contributed by atoms with Crippen LogP contribution < -0.4 is 5.32 Å². The maximum absolute atomic E-state index is 12.2. The number of sulfone groups is 1. The molecule has 0 aliphatic carbocycles. The maximum atomic E-state index is 12.2. The molecular formula is C18H19N5O3S. The fourth-order valence-corrected chi connectivity index (χ4v) is 3.12. The molecule has 27 heavy (non-hydrogen) atoms. The minimum Gasteiger partial charge on any atom is -0.324 e. The molecule has 1 aromatic heterocycles. The van der Waals surface area contributed by atoms with E-state index >= 15 is 0 Å². The Balaban J connectivity index is 1.67. The molecule has 0 radical (unpaired) electrons. The Morgan fingerprint density at radius 1 is 1.15 bits per heavy atom. The van der Waals surface area contributed by atoms with Crippen LogP contribution in [0.1, 0.15) is 12.5 Å². The molecule has 0 bridgehead atoms. The van der Waals surface area contributed by atoms with Gasteiger partial charge in [-0.15, -0.1) is 10.2 Å². The Bertz CT molecular complexity index is 1060. The summed E-state index contributed by atoms with van der Waals surface area (Å²) < 4.78 is 23.2. The van der Waals surface area contributed by atoms with Crippen LogP contribution in [-0.2, 0) is 27.6 Å². The van der Waals surface area contributed by atoms with Crippen LogP contribution in [0.2, 0.25) is 0 Å². The number of amides is 1. The molecule has 1 heterocycles. The maximum Gasteiger partial charge on any atom is 0.248 e. The summed E-state index contributed by atoms with van der Waals surface area (Å²) in [4.78, 5) is 13.5. The van der Waals surface area contributed by atoms with E-state index in [-0.39, 0.29) is 17.3 Å². The number of anilines is 1. The fourth-order valence-electron chi connectivity index (χ4n) is 2.45. The van der Waals surface area contributed by atoms with Gasteiger partial charge in [-0.25, -0.2) is 8.42 Å². The Morgan fingerprint density at radius 3 is 2.56 bits per heavy atom. The molecule has 1 N–H and O–H groups in total. The number of nitrogens with zero attached hydrogens (tertiary/aromatic N) is 4. The highest BCUT2D eigenvalue weighted by atomic mass is 32.2. The first kappa shape index (κ1) is 18.7. The van der Waals surface area contributed by atoms with E-state index < -0.39 is 9.84 Å². The van der Waals surface area contributed by atoms with E-state index in [9.17, 15) is 13.2 Å². The molecule has 9 heteroatoms. The lowest BCUT2D eigenvalue weighted by atomic mass is 10.1. The molecule has 1 amide bonds. The third-order valence-corrected chi connectivity index (χ3v) is 5.01. The zero-order chi connectivity index (χ0) is 19.4. The van der Waals surface area contributed by atoms with Gasteiger partial charge in [0.15, 0.2) is 9.84 Å². The number of nitrogens with one attached hydrogen (secondary N) is 1. The highest BCUT2D eigenvalue weighted by molar-refractivity contribution is 7.90. The first-order chi connectivity index (χ1) is 12.8. The molecule has 8 nitrogen and oxygen atoms in total. The fraction of sp³-hybridized carbons (Fsp3) is 0.222. The highest BCUT2D eigenvalue weighted by Crippen LogP contribution is 2.16. The van der Waals surface area contributed by atoms with Gasteiger partial charge in [-0.2, -0.15) is 4.80 Å². The largest absolute Gasteiger partial charge is 0.324 e. The van der Waals surface area contributed by atoms with Gasteiger partial charge in [-0.3, -0.25) is 4.79 Å². The Labute approximate surface area is 157 Å². The molecule has 0 unspecified atom stereocenters. The molecule has 3 aromatic rings. The summed E-state index contributed by atoms with van der Waals surface area (Å²) in [6.45, 7) is 1.94. The second kappa shape index (κ2) is 7.67. The summed E-state index contributed by atoms with van der Waals surface area (Å²) in [5.41, 5.74) is 2.42. The lowest BCUT2D eigenvalue weighted by Gasteiger charge is -2.06. The Kier molecular flexibility index (Phi) is 5.31. The standard InChI is InChI=1S/C18H19N5O3S/c1-3-13-7-9-14(10-8-13)18-20-22-23(21-18)12-17(24)19-15-5-4-6-16(11-15)27(2,25)26/h4-11H,3,12H2,1-2H3,(H,19,24). The van der Waals surface area contributed by atoms with E-state index in [1.165, 1.54) is 22.5 Å². The van der Waals surface area contributed by atoms with Crippen molar-refractivity contribution in [2.75, 3.05) is 11.6 Å². The quantitative estimate of drug-likeness (QED) is 0.695. The number of rotatable bonds is 6. The lowest BCUT2D eigenvalue weighted by Crippen LogP contribution is -2.20. The Morgan fingerprint density at radius 2 is 1.89 bits per heavy atom. The van der Waals surface area contributed by atoms with Crippen LogP contribution in [0, 0.1) is 0 Å². The van der Waals surface area contributed by atoms with Crippen molar-refractivity contribution in [3.63, 3.8) is 0 Å². The van der Waals surface area contributed by atoms with Gasteiger partial charge < -0.3 is 5.32 Å². The number of tetrazole rings is 1. The molecule has 0 aliphatic rings. The van der Waals surface area contributed by atoms with E-state index in [0.717, 1.165) is 18.2 Å². The highest BCUT2D eigenvalue weighted by Gasteiger charge is 2.12. The number of benzene rings is 2. The molecule has 3 rings (SSSR count). The third-order valence-electron chi connectivity index (χ3n) is 3.90. The van der Waals surface area contributed by atoms with Gasteiger partial charge in [0, 0.05) is 17.5 Å². The van der Waals surface area contributed by atoms with E-state index in [0.29, 0.717) is 11.5 Å². The van der Waals surface area contributed by atoms with Crippen LogP contribution in [0.15, 0.2) is 53.4 Å². The van der Waals surface area contributed by atoms with Crippen LogP contribution in [0.4, 0.5) is 5.69 Å². The SMILES string of the molecule is CCc1ccc(-c2nnn(CC(=O)Nc3cccc(S(C)(=O)=O)c3)n2)cc1. The van der Waals surface area contributed by atoms with Gasteiger partial charge in [0.2, 0.25) is 11.7 Å². The van der Waals surface area contributed by atoms with Gasteiger partial charge in [0.1, 0.15) is 6.54 Å². The molecule has 0 saturated carbocycles. The summed E-state index contributed by atoms with van der Waals surface area (Å²) in [5, 5.41) is 14.7. The van der Waals surface area contributed by atoms with Crippen molar-refractivity contribution in [1.29, 1.82) is 0 Å². The summed E-state index contributed by atoms with van der Waals surface area (Å²) in [5.74, 6) is 0.0514. The molecule has 2 aromatic carbocycles. The van der Waals surface area contributed by atoms with Crippen LogP contribution in [0.5, 0.6) is 0 Å². The summed E-state index contributed by atoms with van der Waals surface area (Å²) in [7, 11) is -3.34. The molecule has 0 spiro atoms. The molecule has 0 aliphatic heterocycles. The predicted octanol–water partition coefficient (Wildman–Crippen LogP) is 1.94. The average Bonchev–Trinajstić information content (AvgIpc) is 3.09. The molecule has 0 fully saturated rings. The molecule has 0 saturated heterocycles. The van der Waals surface area contributed by atoms with E-state index in [2.05, 4.69) is 27.7 Å². The summed E-state index contributed by atoms with van der Waals surface area (Å²) in [6.07, 6.45) is 2.06. The number of aryl methyl sites for hydroxylation is 1. The minimum atomic E-state index is -3.34. The Hall–Kier alpha value is -3.07. The second-order valence-corrected chi connectivity index (χ2v) is 8.06. The van der Waals surface area contributed by atoms with Crippen molar-refractivity contribution < 1.29 is 13.2 Å². The monoisotopic (exact) mass is 385 g/mol. The number of hydrogen-bond acceptors (Lipinski definition) is 6. The van der Waals surface area contributed by atoms with Crippen LogP contribution in [-0.4, -0.2) is 40.8 Å². The van der Waals surface area contributed by atoms with Crippen molar-refractivity contribution in [3.8, 4) is 11.4 Å². The van der Waals surface area contributed by atoms with E-state index in [1.54, 1.807) is 12.1 Å². The van der Waals surface area contributed by atoms with Crippen molar-refractivity contribution >= 4 is 21.4 Å². The van der Waals surface area contributed by atoms with Gasteiger partial charge in [0.05, 0.1) is 4.90 Å². The number of aromatic nitrogens is 4. The minimum absolute atomic E-state index is 0.136. The average molecular weight is 385 g/mol. The molecule has 0 atom stereocenters. The number of carbonyl (C=O) groups is 1. The first-order valence-corrected chi connectivity index (χ1v) is 10.2. The van der Waals surface area contributed by atoms with Crippen LogP contribution >= 0.6 is 0 Å². The number of carbonyl (C=O) groups excluding carboxylic acids is 1. The van der Waals surface area contributed by atoms with Crippen molar-refractivity contribution in [2.24, 2.45) is 0 Å². The zero-order valence-electron chi connectivity index (χ0n) is 15.0. The number of hydrogen-bond donors (Lipinski definition) is 1. The van der Waals surface area contributed by atoms with E-state index in [4.69, 9.17) is 0 Å². The van der Waals surface area contributed by atoms with Gasteiger partial charge in [-0.1, -0.05) is 37.3 Å². The molecule has 140 valence electrons. The zero-order valence-corrected chi connectivity index (χ0v) is 15.8. The topological polar surface area (TPSA) is 107 Å². The van der Waals surface area contributed by atoms with Crippen LogP contribution in [0.25, 0.3) is 11.4 Å². The second-order valence-electron chi connectivity index (χ2n) is 6.04. The first-order valence-electron chi connectivity index (χ1n) is 8.32. The predicted molar refractivity (Wildman–Crippen MR) is 101 cm³/mol. The van der Waals surface area contributed by atoms with Crippen molar-refractivity contribution in [3.05, 3.63) is 54.1 Å². The van der Waals surface area contributed by atoms with Gasteiger partial charge >= 0.3 is 0 Å². The van der Waals surface area contributed by atoms with Gasteiger partial charge in [0.25, 0.3) is 0 Å². The smallest absolute Gasteiger partial charge is 0.248 e. The third kappa shape index (κ3) is 4.76. The molecular weight excluding hydrogens is 366 g/mol.